The Morgan fingerprint density at radius 3 is 2.23 bits per heavy atom. The number of nitrogens with zero attached hydrogens (tertiary/aromatic N) is 7. The number of piperidine rings is 3. The summed E-state index contributed by atoms with van der Waals surface area (Å²) < 4.78 is 7.81. The lowest BCUT2D eigenvalue weighted by Crippen LogP contribution is -2.59. The number of imidazole rings is 1. The van der Waals surface area contributed by atoms with Crippen molar-refractivity contribution < 1.29 is 19.1 Å². The molecule has 0 atom stereocenters. The van der Waals surface area contributed by atoms with Crippen LogP contribution < -0.4 is 10.2 Å². The van der Waals surface area contributed by atoms with Crippen molar-refractivity contribution in [3.63, 3.8) is 0 Å². The van der Waals surface area contributed by atoms with Gasteiger partial charge in [0.1, 0.15) is 11.1 Å². The third-order valence-corrected chi connectivity index (χ3v) is 14.0. The van der Waals surface area contributed by atoms with Crippen LogP contribution in [0.4, 0.5) is 16.3 Å². The fraction of sp³-hybridized carbons (Fsp3) is 0.667. The van der Waals surface area contributed by atoms with Crippen molar-refractivity contribution in [3.8, 4) is 11.3 Å². The Balaban J connectivity index is 0.982. The molecule has 0 bridgehead atoms. The number of likely N-dealkylation sites (tertiary alicyclic amines) is 3. The molecule has 3 amide bonds. The van der Waals surface area contributed by atoms with Crippen molar-refractivity contribution in [2.45, 2.75) is 147 Å². The molecule has 6 heterocycles. The van der Waals surface area contributed by atoms with Gasteiger partial charge in [0.15, 0.2) is 5.82 Å². The minimum absolute atomic E-state index is 0.138. The van der Waals surface area contributed by atoms with Gasteiger partial charge >= 0.3 is 6.09 Å². The normalized spacial score (nSPS) is 24.9. The number of hydrogen-bond donors (Lipinski definition) is 1. The second-order valence-corrected chi connectivity index (χ2v) is 19.6. The summed E-state index contributed by atoms with van der Waals surface area (Å²) in [5.74, 6) is 1.22. The number of anilines is 2. The van der Waals surface area contributed by atoms with Crippen LogP contribution in [0.1, 0.15) is 124 Å². The number of fused-ring (bicyclic) bond motifs is 3. The summed E-state index contributed by atoms with van der Waals surface area (Å²) in [6, 6.07) is 10.1. The van der Waals surface area contributed by atoms with E-state index in [0.717, 1.165) is 78.1 Å². The van der Waals surface area contributed by atoms with E-state index in [4.69, 9.17) is 14.7 Å². The van der Waals surface area contributed by atoms with Crippen molar-refractivity contribution in [1.82, 2.24) is 29.2 Å². The molecule has 12 nitrogen and oxygen atoms in total. The van der Waals surface area contributed by atoms with E-state index in [0.29, 0.717) is 63.9 Å². The van der Waals surface area contributed by atoms with Gasteiger partial charge in [-0.2, -0.15) is 0 Å². The minimum Gasteiger partial charge on any atom is -0.444 e. The maximum atomic E-state index is 15.1. The Labute approximate surface area is 337 Å². The van der Waals surface area contributed by atoms with Gasteiger partial charge in [-0.05, 0) is 130 Å². The molecule has 9 rings (SSSR count). The highest BCUT2D eigenvalue weighted by molar-refractivity contribution is 6.09. The lowest BCUT2D eigenvalue weighted by molar-refractivity contribution is -0.147. The Morgan fingerprint density at radius 1 is 0.895 bits per heavy atom. The van der Waals surface area contributed by atoms with Crippen LogP contribution in [0.5, 0.6) is 0 Å². The zero-order chi connectivity index (χ0) is 39.9. The maximum absolute atomic E-state index is 15.1. The van der Waals surface area contributed by atoms with E-state index in [1.54, 1.807) is 4.90 Å². The first kappa shape index (κ1) is 38.3. The quantitative estimate of drug-likeness (QED) is 0.262. The summed E-state index contributed by atoms with van der Waals surface area (Å²) in [7, 11) is 0. The van der Waals surface area contributed by atoms with Gasteiger partial charge in [-0.3, -0.25) is 9.59 Å². The zero-order valence-corrected chi connectivity index (χ0v) is 35.0. The van der Waals surface area contributed by atoms with Gasteiger partial charge in [0.2, 0.25) is 11.8 Å². The molecular weight excluding hydrogens is 717 g/mol. The van der Waals surface area contributed by atoms with Gasteiger partial charge in [0, 0.05) is 67.0 Å². The van der Waals surface area contributed by atoms with Crippen LogP contribution in [0.3, 0.4) is 0 Å². The highest BCUT2D eigenvalue weighted by Gasteiger charge is 2.56. The number of nitrogens with one attached hydrogen (secondary N) is 1. The Morgan fingerprint density at radius 2 is 1.58 bits per heavy atom. The molecule has 57 heavy (non-hydrogen) atoms. The van der Waals surface area contributed by atoms with Crippen molar-refractivity contribution in [2.24, 2.45) is 5.41 Å². The average molecular weight is 779 g/mol. The fourth-order valence-electron chi connectivity index (χ4n) is 10.3. The third-order valence-electron chi connectivity index (χ3n) is 14.0. The summed E-state index contributed by atoms with van der Waals surface area (Å²) in [6.07, 6.45) is 12.2. The summed E-state index contributed by atoms with van der Waals surface area (Å²) in [6.45, 7) is 16.4. The van der Waals surface area contributed by atoms with Crippen molar-refractivity contribution in [1.29, 1.82) is 0 Å². The molecule has 3 saturated heterocycles. The highest BCUT2D eigenvalue weighted by atomic mass is 16.6. The number of hydrogen-bond acceptors (Lipinski definition) is 8. The number of pyridine rings is 1. The van der Waals surface area contributed by atoms with Gasteiger partial charge in [0.05, 0.1) is 23.0 Å². The van der Waals surface area contributed by atoms with Crippen molar-refractivity contribution in [3.05, 3.63) is 36.2 Å². The van der Waals surface area contributed by atoms with Gasteiger partial charge in [-0.25, -0.2) is 14.8 Å². The summed E-state index contributed by atoms with van der Waals surface area (Å²) in [4.78, 5) is 60.7. The second-order valence-electron chi connectivity index (χ2n) is 19.6. The predicted molar refractivity (Wildman–Crippen MR) is 222 cm³/mol. The van der Waals surface area contributed by atoms with E-state index < -0.39 is 16.4 Å². The molecule has 0 radical (unpaired) electrons. The Kier molecular flexibility index (Phi) is 9.60. The van der Waals surface area contributed by atoms with Gasteiger partial charge in [0.25, 0.3) is 0 Å². The smallest absolute Gasteiger partial charge is 0.410 e. The molecule has 2 aliphatic carbocycles. The number of carbonyl (C=O) groups is 3. The van der Waals surface area contributed by atoms with Crippen LogP contribution in [-0.2, 0) is 19.7 Å². The number of amides is 3. The third kappa shape index (κ3) is 6.97. The first-order chi connectivity index (χ1) is 27.2. The zero-order valence-electron chi connectivity index (χ0n) is 35.0. The molecule has 12 heteroatoms. The molecule has 0 unspecified atom stereocenters. The maximum Gasteiger partial charge on any atom is 0.410 e. The fourth-order valence-corrected chi connectivity index (χ4v) is 10.3. The predicted octanol–water partition coefficient (Wildman–Crippen LogP) is 7.51. The van der Waals surface area contributed by atoms with Crippen LogP contribution in [0.2, 0.25) is 0 Å². The number of rotatable bonds is 7. The van der Waals surface area contributed by atoms with Gasteiger partial charge in [-0.15, -0.1) is 0 Å². The molecule has 3 aromatic rings. The number of carbonyl (C=O) groups excluding carboxylic acids is 3. The molecule has 5 fully saturated rings. The average Bonchev–Trinajstić information content (AvgIpc) is 3.83. The van der Waals surface area contributed by atoms with Crippen LogP contribution in [0.25, 0.3) is 22.3 Å². The van der Waals surface area contributed by atoms with Crippen LogP contribution in [-0.4, -0.2) is 110 Å². The lowest BCUT2D eigenvalue weighted by Gasteiger charge is -2.48. The second kappa shape index (κ2) is 14.3. The number of benzene rings is 1. The van der Waals surface area contributed by atoms with E-state index in [1.807, 2.05) is 38.9 Å². The molecule has 1 spiro atoms. The SMILES string of the molecule is CC(C)n1cnc2cc(-c3ccc4c(c3)N([C@H]3C[C@@H](N5CCCCC5)C3)C(=O)C43CCN(C(=O)C4(C)CCN(C(=O)OC(C)(C)C)CC4)CC3)nc(NC3CC3)c21. The van der Waals surface area contributed by atoms with E-state index in [-0.39, 0.29) is 30.0 Å². The first-order valence-electron chi connectivity index (χ1n) is 21.9. The Bertz CT molecular complexity index is 2040. The number of aromatic nitrogens is 3. The molecule has 1 aromatic carbocycles. The Hall–Kier alpha value is -4.19. The lowest BCUT2D eigenvalue weighted by atomic mass is 9.72. The summed E-state index contributed by atoms with van der Waals surface area (Å²) >= 11 is 0. The van der Waals surface area contributed by atoms with E-state index in [1.165, 1.54) is 19.3 Å². The molecule has 2 aromatic heterocycles. The largest absolute Gasteiger partial charge is 0.444 e. The monoisotopic (exact) mass is 778 g/mol. The minimum atomic E-state index is -0.659. The molecule has 2 saturated carbocycles. The van der Waals surface area contributed by atoms with Gasteiger partial charge < -0.3 is 34.2 Å². The van der Waals surface area contributed by atoms with Gasteiger partial charge in [-0.1, -0.05) is 25.5 Å². The highest BCUT2D eigenvalue weighted by Crippen LogP contribution is 2.52. The molecular formula is C45H62N8O4. The first-order valence-corrected chi connectivity index (χ1v) is 21.9. The van der Waals surface area contributed by atoms with E-state index in [9.17, 15) is 9.59 Å². The molecule has 306 valence electrons. The van der Waals surface area contributed by atoms with Crippen molar-refractivity contribution >= 4 is 40.4 Å². The molecule has 4 aliphatic heterocycles. The van der Waals surface area contributed by atoms with Crippen molar-refractivity contribution in [2.75, 3.05) is 49.5 Å². The van der Waals surface area contributed by atoms with E-state index >= 15 is 4.79 Å². The van der Waals surface area contributed by atoms with Crippen LogP contribution >= 0.6 is 0 Å². The molecule has 1 N–H and O–H groups in total. The molecule has 6 aliphatic rings. The summed E-state index contributed by atoms with van der Waals surface area (Å²) in [5, 5.41) is 3.70. The van der Waals surface area contributed by atoms with Crippen LogP contribution in [0.15, 0.2) is 30.6 Å². The summed E-state index contributed by atoms with van der Waals surface area (Å²) in [5.41, 5.74) is 4.17. The topological polar surface area (TPSA) is 116 Å². The van der Waals surface area contributed by atoms with Crippen LogP contribution in [0, 0.1) is 5.41 Å². The standard InChI is InChI=1S/C45H62N8O4/c1-29(2)52-28-46-36-27-35(48-39(38(36)52)47-31-11-12-31)30-10-13-34-37(24-30)53(33-25-32(26-33)49-18-8-7-9-19-49)41(55)45(34)16-22-50(23-17-45)40(54)44(6)14-20-51(21-15-44)42(56)57-43(3,4)5/h10,13,24,27-29,31-33H,7-9,11-12,14-23,25-26H2,1-6H3,(H,47,48)/t32-,33+. The van der Waals surface area contributed by atoms with E-state index in [2.05, 4.69) is 57.8 Å². The number of ether oxygens (including phenoxy) is 1.